The topological polar surface area (TPSA) is 12.9 Å². The minimum absolute atomic E-state index is 0.941. The summed E-state index contributed by atoms with van der Waals surface area (Å²) in [5.41, 5.74) is 6.29. The number of hydrogen-bond acceptors (Lipinski definition) is 2. The van der Waals surface area contributed by atoms with Gasteiger partial charge in [0.1, 0.15) is 0 Å². The fraction of sp³-hybridized carbons (Fsp3) is 0.211. The average Bonchev–Trinajstić information content (AvgIpc) is 2.48. The molecule has 0 unspecified atom stereocenters. The van der Waals surface area contributed by atoms with E-state index in [1.54, 1.807) is 11.8 Å². The first-order valence-corrected chi connectivity index (χ1v) is 9.06. The highest BCUT2D eigenvalue weighted by Gasteiger charge is 2.07. The molecule has 0 aliphatic heterocycles. The Kier molecular flexibility index (Phi) is 4.55. The van der Waals surface area contributed by atoms with Crippen LogP contribution in [0.1, 0.15) is 22.3 Å². The van der Waals surface area contributed by atoms with E-state index in [4.69, 9.17) is 4.98 Å². The fourth-order valence-corrected chi connectivity index (χ4v) is 3.81. The molecule has 0 bridgehead atoms. The van der Waals surface area contributed by atoms with Gasteiger partial charge in [-0.3, -0.25) is 0 Å². The van der Waals surface area contributed by atoms with Gasteiger partial charge in [-0.1, -0.05) is 39.7 Å². The molecule has 0 aliphatic rings. The minimum atomic E-state index is 0.941. The first-order chi connectivity index (χ1) is 10.5. The normalized spacial score (nSPS) is 11.1. The van der Waals surface area contributed by atoms with Crippen molar-refractivity contribution >= 4 is 38.6 Å². The van der Waals surface area contributed by atoms with Gasteiger partial charge in [0.05, 0.1) is 10.5 Å². The third-order valence-corrected chi connectivity index (χ3v) is 5.24. The molecule has 0 saturated carbocycles. The molecule has 1 aromatic heterocycles. The number of aromatic nitrogens is 1. The summed E-state index contributed by atoms with van der Waals surface area (Å²) in [7, 11) is 0. The molecule has 3 heteroatoms. The summed E-state index contributed by atoms with van der Waals surface area (Å²) in [5, 5.41) is 2.37. The van der Waals surface area contributed by atoms with Crippen molar-refractivity contribution in [1.82, 2.24) is 4.98 Å². The lowest BCUT2D eigenvalue weighted by Gasteiger charge is -2.10. The van der Waals surface area contributed by atoms with Crippen LogP contribution in [0, 0.1) is 20.8 Å². The molecule has 112 valence electrons. The van der Waals surface area contributed by atoms with Crippen molar-refractivity contribution in [3.63, 3.8) is 0 Å². The van der Waals surface area contributed by atoms with Crippen LogP contribution in [0.5, 0.6) is 0 Å². The molecule has 1 nitrogen and oxygen atoms in total. The molecular formula is C19H18BrNS. The maximum absolute atomic E-state index is 4.86. The lowest BCUT2D eigenvalue weighted by Crippen LogP contribution is -1.91. The van der Waals surface area contributed by atoms with Gasteiger partial charge in [-0.05, 0) is 61.7 Å². The predicted octanol–water partition coefficient (Wildman–Crippen LogP) is 6.21. The second-order valence-corrected chi connectivity index (χ2v) is 7.58. The van der Waals surface area contributed by atoms with Crippen molar-refractivity contribution in [2.45, 2.75) is 31.6 Å². The van der Waals surface area contributed by atoms with E-state index in [1.165, 1.54) is 27.6 Å². The Morgan fingerprint density at radius 1 is 0.955 bits per heavy atom. The van der Waals surface area contributed by atoms with Gasteiger partial charge in [0, 0.05) is 15.6 Å². The number of aryl methyl sites for hydroxylation is 3. The monoisotopic (exact) mass is 371 g/mol. The SMILES string of the molecule is Cc1cc(C)c2nc(SCc3ccc(Br)cc3)cc(C)c2c1. The molecule has 0 saturated heterocycles. The first kappa shape index (κ1) is 15.6. The van der Waals surface area contributed by atoms with E-state index in [-0.39, 0.29) is 0 Å². The first-order valence-electron chi connectivity index (χ1n) is 7.29. The molecule has 0 aliphatic carbocycles. The molecule has 0 atom stereocenters. The van der Waals surface area contributed by atoms with Crippen molar-refractivity contribution in [3.05, 3.63) is 69.2 Å². The molecule has 2 aromatic carbocycles. The lowest BCUT2D eigenvalue weighted by atomic mass is 10.0. The standard InChI is InChI=1S/C19H18BrNS/c1-12-8-14(3)19-17(9-12)13(2)10-18(21-19)22-11-15-4-6-16(20)7-5-15/h4-10H,11H2,1-3H3. The Labute approximate surface area is 144 Å². The van der Waals surface area contributed by atoms with E-state index >= 15 is 0 Å². The summed E-state index contributed by atoms with van der Waals surface area (Å²) in [6.07, 6.45) is 0. The highest BCUT2D eigenvalue weighted by Crippen LogP contribution is 2.28. The Morgan fingerprint density at radius 2 is 1.68 bits per heavy atom. The van der Waals surface area contributed by atoms with Crippen LogP contribution >= 0.6 is 27.7 Å². The van der Waals surface area contributed by atoms with Crippen molar-refractivity contribution in [1.29, 1.82) is 0 Å². The molecule has 0 spiro atoms. The Balaban J connectivity index is 1.90. The molecule has 0 fully saturated rings. The van der Waals surface area contributed by atoms with Gasteiger partial charge in [-0.15, -0.1) is 11.8 Å². The van der Waals surface area contributed by atoms with Crippen LogP contribution in [0.25, 0.3) is 10.9 Å². The summed E-state index contributed by atoms with van der Waals surface area (Å²) in [6.45, 7) is 6.46. The van der Waals surface area contributed by atoms with Crippen LogP contribution in [-0.4, -0.2) is 4.98 Å². The van der Waals surface area contributed by atoms with E-state index in [0.717, 1.165) is 20.8 Å². The Morgan fingerprint density at radius 3 is 2.41 bits per heavy atom. The maximum Gasteiger partial charge on any atom is 0.0973 e. The zero-order valence-corrected chi connectivity index (χ0v) is 15.4. The van der Waals surface area contributed by atoms with Gasteiger partial charge in [0.25, 0.3) is 0 Å². The minimum Gasteiger partial charge on any atom is -0.241 e. The Hall–Kier alpha value is -1.32. The predicted molar refractivity (Wildman–Crippen MR) is 99.7 cm³/mol. The number of pyridine rings is 1. The van der Waals surface area contributed by atoms with Gasteiger partial charge in [-0.25, -0.2) is 4.98 Å². The number of nitrogens with zero attached hydrogens (tertiary/aromatic N) is 1. The number of hydrogen-bond donors (Lipinski definition) is 0. The number of fused-ring (bicyclic) bond motifs is 1. The zero-order chi connectivity index (χ0) is 15.7. The van der Waals surface area contributed by atoms with E-state index in [2.05, 4.69) is 79.2 Å². The molecule has 3 aromatic rings. The molecule has 22 heavy (non-hydrogen) atoms. The van der Waals surface area contributed by atoms with Crippen LogP contribution in [-0.2, 0) is 5.75 Å². The van der Waals surface area contributed by atoms with Crippen LogP contribution in [0.3, 0.4) is 0 Å². The largest absolute Gasteiger partial charge is 0.241 e. The smallest absolute Gasteiger partial charge is 0.0973 e. The highest BCUT2D eigenvalue weighted by molar-refractivity contribution is 9.10. The summed E-state index contributed by atoms with van der Waals surface area (Å²) in [5.74, 6) is 0.941. The van der Waals surface area contributed by atoms with Crippen molar-refractivity contribution < 1.29 is 0 Å². The van der Waals surface area contributed by atoms with Crippen LogP contribution in [0.2, 0.25) is 0 Å². The molecule has 3 rings (SSSR count). The van der Waals surface area contributed by atoms with Crippen LogP contribution in [0.15, 0.2) is 52.0 Å². The van der Waals surface area contributed by atoms with Gasteiger partial charge < -0.3 is 0 Å². The third-order valence-electron chi connectivity index (χ3n) is 3.73. The maximum atomic E-state index is 4.86. The summed E-state index contributed by atoms with van der Waals surface area (Å²) < 4.78 is 1.12. The summed E-state index contributed by atoms with van der Waals surface area (Å²) in [6, 6.07) is 15.1. The second kappa shape index (κ2) is 6.43. The van der Waals surface area contributed by atoms with E-state index in [9.17, 15) is 0 Å². The number of benzene rings is 2. The second-order valence-electron chi connectivity index (χ2n) is 5.67. The third kappa shape index (κ3) is 3.36. The lowest BCUT2D eigenvalue weighted by molar-refractivity contribution is 1.15. The van der Waals surface area contributed by atoms with Crippen molar-refractivity contribution in [3.8, 4) is 0 Å². The highest BCUT2D eigenvalue weighted by atomic mass is 79.9. The van der Waals surface area contributed by atoms with Crippen molar-refractivity contribution in [2.24, 2.45) is 0 Å². The summed E-state index contributed by atoms with van der Waals surface area (Å²) >= 11 is 5.27. The van der Waals surface area contributed by atoms with Crippen LogP contribution in [0.4, 0.5) is 0 Å². The average molecular weight is 372 g/mol. The quantitative estimate of drug-likeness (QED) is 0.507. The van der Waals surface area contributed by atoms with Gasteiger partial charge in [0.15, 0.2) is 0 Å². The van der Waals surface area contributed by atoms with Gasteiger partial charge >= 0.3 is 0 Å². The molecule has 0 radical (unpaired) electrons. The zero-order valence-electron chi connectivity index (χ0n) is 13.0. The number of thioether (sulfide) groups is 1. The van der Waals surface area contributed by atoms with Crippen molar-refractivity contribution in [2.75, 3.05) is 0 Å². The van der Waals surface area contributed by atoms with E-state index in [1.807, 2.05) is 0 Å². The molecule has 0 N–H and O–H groups in total. The molecule has 0 amide bonds. The summed E-state index contributed by atoms with van der Waals surface area (Å²) in [4.78, 5) is 4.86. The van der Waals surface area contributed by atoms with Gasteiger partial charge in [0.2, 0.25) is 0 Å². The van der Waals surface area contributed by atoms with Gasteiger partial charge in [-0.2, -0.15) is 0 Å². The van der Waals surface area contributed by atoms with E-state index < -0.39 is 0 Å². The number of rotatable bonds is 3. The van der Waals surface area contributed by atoms with Crippen LogP contribution < -0.4 is 0 Å². The van der Waals surface area contributed by atoms with E-state index in [0.29, 0.717) is 0 Å². The fourth-order valence-electron chi connectivity index (χ4n) is 2.63. The number of halogens is 1. The molecular weight excluding hydrogens is 354 g/mol. The molecule has 1 heterocycles. The Bertz CT molecular complexity index is 825.